The first-order chi connectivity index (χ1) is 14.7. The van der Waals surface area contributed by atoms with Gasteiger partial charge >= 0.3 is 0 Å². The van der Waals surface area contributed by atoms with E-state index in [1.165, 1.54) is 11.8 Å². The van der Waals surface area contributed by atoms with Crippen LogP contribution in [0.3, 0.4) is 0 Å². The number of anilines is 2. The molecule has 7 nitrogen and oxygen atoms in total. The third kappa shape index (κ3) is 4.77. The molecule has 0 unspecified atom stereocenters. The molecule has 8 heteroatoms. The van der Waals surface area contributed by atoms with Gasteiger partial charge in [-0.25, -0.2) is 4.98 Å². The zero-order chi connectivity index (χ0) is 20.8. The number of amides is 1. The van der Waals surface area contributed by atoms with Crippen molar-refractivity contribution < 1.29 is 14.3 Å². The van der Waals surface area contributed by atoms with E-state index in [2.05, 4.69) is 15.2 Å². The summed E-state index contributed by atoms with van der Waals surface area (Å²) >= 11 is 1.40. The number of carbonyl (C=O) groups is 1. The molecule has 156 valence electrons. The highest BCUT2D eigenvalue weighted by Crippen LogP contribution is 2.27. The van der Waals surface area contributed by atoms with Gasteiger partial charge in [0.15, 0.2) is 5.16 Å². The molecule has 0 atom stereocenters. The van der Waals surface area contributed by atoms with Crippen molar-refractivity contribution in [3.8, 4) is 11.4 Å². The maximum Gasteiger partial charge on any atom is 0.234 e. The molecule has 30 heavy (non-hydrogen) atoms. The molecule has 3 aromatic rings. The number of hydrogen-bond acceptors (Lipinski definition) is 6. The summed E-state index contributed by atoms with van der Waals surface area (Å²) in [7, 11) is 1.64. The minimum absolute atomic E-state index is 0.0686. The molecule has 0 saturated carbocycles. The Morgan fingerprint density at radius 1 is 1.20 bits per heavy atom. The van der Waals surface area contributed by atoms with Gasteiger partial charge in [0.25, 0.3) is 0 Å². The number of morpholine rings is 1. The average Bonchev–Trinajstić information content (AvgIpc) is 3.27. The van der Waals surface area contributed by atoms with Crippen LogP contribution in [-0.2, 0) is 9.53 Å². The molecule has 0 bridgehead atoms. The number of methoxy groups -OCH3 is 1. The number of hydrogen-bond donors (Lipinski definition) is 1. The van der Waals surface area contributed by atoms with E-state index >= 15 is 0 Å². The van der Waals surface area contributed by atoms with Crippen molar-refractivity contribution in [2.24, 2.45) is 0 Å². The van der Waals surface area contributed by atoms with Gasteiger partial charge in [-0.15, -0.1) is 0 Å². The number of imidazole rings is 1. The first-order valence-electron chi connectivity index (χ1n) is 9.77. The Balaban J connectivity index is 1.41. The van der Waals surface area contributed by atoms with E-state index in [0.717, 1.165) is 41.1 Å². The van der Waals surface area contributed by atoms with Gasteiger partial charge in [0.05, 0.1) is 43.1 Å². The van der Waals surface area contributed by atoms with E-state index in [1.54, 1.807) is 13.3 Å². The zero-order valence-electron chi connectivity index (χ0n) is 16.8. The SMILES string of the molecule is COc1cccc(-n2ccnc2SCC(=O)Nc2ccccc2N2CCOCC2)c1. The number of rotatable bonds is 7. The fourth-order valence-corrected chi connectivity index (χ4v) is 4.10. The summed E-state index contributed by atoms with van der Waals surface area (Å²) in [5.41, 5.74) is 2.78. The van der Waals surface area contributed by atoms with Crippen LogP contribution < -0.4 is 15.0 Å². The summed E-state index contributed by atoms with van der Waals surface area (Å²) in [6.45, 7) is 3.04. The number of nitrogens with one attached hydrogen (secondary N) is 1. The van der Waals surface area contributed by atoms with E-state index in [1.807, 2.05) is 59.3 Å². The predicted molar refractivity (Wildman–Crippen MR) is 119 cm³/mol. The smallest absolute Gasteiger partial charge is 0.234 e. The second-order valence-electron chi connectivity index (χ2n) is 6.73. The normalized spacial score (nSPS) is 13.8. The second-order valence-corrected chi connectivity index (χ2v) is 7.68. The third-order valence-corrected chi connectivity index (χ3v) is 5.77. The van der Waals surface area contributed by atoms with Crippen LogP contribution in [0, 0.1) is 0 Å². The Bertz CT molecular complexity index is 1000. The highest BCUT2D eigenvalue weighted by molar-refractivity contribution is 7.99. The lowest BCUT2D eigenvalue weighted by Gasteiger charge is -2.30. The maximum absolute atomic E-state index is 12.7. The average molecular weight is 425 g/mol. The van der Waals surface area contributed by atoms with Crippen molar-refractivity contribution >= 4 is 29.0 Å². The van der Waals surface area contributed by atoms with Gasteiger partial charge < -0.3 is 19.7 Å². The molecule has 1 fully saturated rings. The van der Waals surface area contributed by atoms with Crippen molar-refractivity contribution in [1.29, 1.82) is 0 Å². The predicted octanol–water partition coefficient (Wildman–Crippen LogP) is 3.45. The number of benzene rings is 2. The van der Waals surface area contributed by atoms with Crippen molar-refractivity contribution in [3.63, 3.8) is 0 Å². The molecule has 1 aliphatic rings. The van der Waals surface area contributed by atoms with Crippen LogP contribution >= 0.6 is 11.8 Å². The van der Waals surface area contributed by atoms with Gasteiger partial charge in [-0.1, -0.05) is 30.0 Å². The van der Waals surface area contributed by atoms with Gasteiger partial charge in [-0.05, 0) is 24.3 Å². The van der Waals surface area contributed by atoms with Crippen LogP contribution in [0.4, 0.5) is 11.4 Å². The topological polar surface area (TPSA) is 68.6 Å². The molecule has 0 radical (unpaired) electrons. The lowest BCUT2D eigenvalue weighted by atomic mass is 10.2. The summed E-state index contributed by atoms with van der Waals surface area (Å²) in [6, 6.07) is 15.6. The Hall–Kier alpha value is -2.97. The van der Waals surface area contributed by atoms with Gasteiger partial charge in [0.1, 0.15) is 5.75 Å². The van der Waals surface area contributed by atoms with Gasteiger partial charge in [0.2, 0.25) is 5.91 Å². The third-order valence-electron chi connectivity index (χ3n) is 4.80. The van der Waals surface area contributed by atoms with E-state index in [9.17, 15) is 4.79 Å². The maximum atomic E-state index is 12.7. The van der Waals surface area contributed by atoms with Crippen molar-refractivity contribution in [2.75, 3.05) is 49.4 Å². The summed E-state index contributed by atoms with van der Waals surface area (Å²) < 4.78 is 12.7. The van der Waals surface area contributed by atoms with Crippen LogP contribution in [-0.4, -0.2) is 54.6 Å². The minimum Gasteiger partial charge on any atom is -0.497 e. The van der Waals surface area contributed by atoms with Crippen LogP contribution in [0.25, 0.3) is 5.69 Å². The molecule has 1 amide bonds. The van der Waals surface area contributed by atoms with Crippen molar-refractivity contribution in [3.05, 3.63) is 60.9 Å². The number of para-hydroxylation sites is 2. The highest BCUT2D eigenvalue weighted by Gasteiger charge is 2.16. The Kier molecular flexibility index (Phi) is 6.56. The Morgan fingerprint density at radius 2 is 2.03 bits per heavy atom. The van der Waals surface area contributed by atoms with Crippen LogP contribution in [0.1, 0.15) is 0 Å². The fourth-order valence-electron chi connectivity index (χ4n) is 3.33. The van der Waals surface area contributed by atoms with Gasteiger partial charge in [-0.2, -0.15) is 0 Å². The molecule has 4 rings (SSSR count). The van der Waals surface area contributed by atoms with Crippen LogP contribution in [0.2, 0.25) is 0 Å². The Labute approximate surface area is 180 Å². The quantitative estimate of drug-likeness (QED) is 0.586. The van der Waals surface area contributed by atoms with E-state index in [-0.39, 0.29) is 11.7 Å². The van der Waals surface area contributed by atoms with E-state index < -0.39 is 0 Å². The standard InChI is InChI=1S/C22H24N4O3S/c1-28-18-6-4-5-17(15-18)26-10-9-23-22(26)30-16-21(27)24-19-7-2-3-8-20(19)25-11-13-29-14-12-25/h2-10,15H,11-14,16H2,1H3,(H,24,27). The van der Waals surface area contributed by atoms with E-state index in [0.29, 0.717) is 13.2 Å². The molecule has 2 aromatic carbocycles. The molecule has 1 aromatic heterocycles. The molecule has 0 spiro atoms. The number of carbonyl (C=O) groups excluding carboxylic acids is 1. The summed E-state index contributed by atoms with van der Waals surface area (Å²) in [5.74, 6) is 0.967. The lowest BCUT2D eigenvalue weighted by Crippen LogP contribution is -2.36. The summed E-state index contributed by atoms with van der Waals surface area (Å²) in [4.78, 5) is 19.3. The molecular formula is C22H24N4O3S. The van der Waals surface area contributed by atoms with Gasteiger partial charge in [-0.3, -0.25) is 9.36 Å². The first-order valence-corrected chi connectivity index (χ1v) is 10.8. The summed E-state index contributed by atoms with van der Waals surface area (Å²) in [6.07, 6.45) is 3.61. The fraction of sp³-hybridized carbons (Fsp3) is 0.273. The second kappa shape index (κ2) is 9.69. The number of aromatic nitrogens is 2. The number of thioether (sulfide) groups is 1. The first kappa shape index (κ1) is 20.3. The van der Waals surface area contributed by atoms with Crippen molar-refractivity contribution in [1.82, 2.24) is 9.55 Å². The molecular weight excluding hydrogens is 400 g/mol. The number of nitrogens with zero attached hydrogens (tertiary/aromatic N) is 3. The monoisotopic (exact) mass is 424 g/mol. The Morgan fingerprint density at radius 3 is 2.87 bits per heavy atom. The highest BCUT2D eigenvalue weighted by atomic mass is 32.2. The zero-order valence-corrected chi connectivity index (χ0v) is 17.6. The number of ether oxygens (including phenoxy) is 2. The molecule has 1 aliphatic heterocycles. The minimum atomic E-state index is -0.0686. The lowest BCUT2D eigenvalue weighted by molar-refractivity contribution is -0.113. The van der Waals surface area contributed by atoms with Gasteiger partial charge in [0, 0.05) is 31.5 Å². The largest absolute Gasteiger partial charge is 0.497 e. The van der Waals surface area contributed by atoms with Crippen molar-refractivity contribution in [2.45, 2.75) is 5.16 Å². The molecule has 1 saturated heterocycles. The summed E-state index contributed by atoms with van der Waals surface area (Å²) in [5, 5.41) is 3.80. The molecule has 2 heterocycles. The molecule has 1 N–H and O–H groups in total. The van der Waals surface area contributed by atoms with Crippen LogP contribution in [0.15, 0.2) is 66.1 Å². The molecule has 0 aliphatic carbocycles. The van der Waals surface area contributed by atoms with E-state index in [4.69, 9.17) is 9.47 Å². The van der Waals surface area contributed by atoms with Crippen LogP contribution in [0.5, 0.6) is 5.75 Å².